The summed E-state index contributed by atoms with van der Waals surface area (Å²) in [6.45, 7) is 3.59. The fourth-order valence-corrected chi connectivity index (χ4v) is 5.08. The summed E-state index contributed by atoms with van der Waals surface area (Å²) in [7, 11) is -2.69. The van der Waals surface area contributed by atoms with Crippen molar-refractivity contribution in [2.75, 3.05) is 38.4 Å². The maximum Gasteiger partial charge on any atom is 0.402 e. The van der Waals surface area contributed by atoms with Crippen molar-refractivity contribution in [2.45, 2.75) is 44.8 Å². The van der Waals surface area contributed by atoms with Gasteiger partial charge in [0.25, 0.3) is 0 Å². The fourth-order valence-electron chi connectivity index (χ4n) is 3.37. The van der Waals surface area contributed by atoms with Crippen LogP contribution in [0.2, 0.25) is 0 Å². The summed E-state index contributed by atoms with van der Waals surface area (Å²) in [6, 6.07) is 0. The van der Waals surface area contributed by atoms with E-state index in [4.69, 9.17) is 29.8 Å². The molecular formula is C19H31N6O9PS. The molecule has 0 bridgehead atoms. The molecule has 17 heteroatoms. The van der Waals surface area contributed by atoms with E-state index < -0.39 is 43.8 Å². The summed E-state index contributed by atoms with van der Waals surface area (Å²) in [5, 5.41) is 30.6. The summed E-state index contributed by atoms with van der Waals surface area (Å²) in [5.74, 6) is 0.157. The Morgan fingerprint density at radius 1 is 1.39 bits per heavy atom. The maximum atomic E-state index is 12.5. The lowest BCUT2D eigenvalue weighted by Gasteiger charge is -2.27. The summed E-state index contributed by atoms with van der Waals surface area (Å²) < 4.78 is 35.1. The third kappa shape index (κ3) is 5.98. The predicted octanol–water partition coefficient (Wildman–Crippen LogP) is -0.195. The van der Waals surface area contributed by atoms with Crippen molar-refractivity contribution >= 4 is 41.7 Å². The van der Waals surface area contributed by atoms with E-state index in [0.717, 1.165) is 11.8 Å². The topological polar surface area (TPSA) is 227 Å². The summed E-state index contributed by atoms with van der Waals surface area (Å²) >= 11 is 0.905. The van der Waals surface area contributed by atoms with Crippen LogP contribution in [0, 0.1) is 5.41 Å². The molecule has 1 unspecified atom stereocenters. The Bertz CT molecular complexity index is 1150. The second-order valence-electron chi connectivity index (χ2n) is 8.96. The van der Waals surface area contributed by atoms with Crippen molar-refractivity contribution in [2.24, 2.45) is 10.9 Å². The van der Waals surface area contributed by atoms with Gasteiger partial charge in [0.2, 0.25) is 11.8 Å². The Labute approximate surface area is 211 Å². The molecule has 0 aliphatic carbocycles. The number of carbonyl (C=O) groups is 1. The Kier molecular flexibility index (Phi) is 8.65. The molecule has 3 rings (SSSR count). The summed E-state index contributed by atoms with van der Waals surface area (Å²) in [4.78, 5) is 24.2. The summed E-state index contributed by atoms with van der Waals surface area (Å²) in [6.07, 6.45) is -2.48. The smallest absolute Gasteiger partial charge is 0.402 e. The first-order chi connectivity index (χ1) is 16.7. The van der Waals surface area contributed by atoms with Crippen LogP contribution >= 0.6 is 19.5 Å². The van der Waals surface area contributed by atoms with Gasteiger partial charge in [-0.3, -0.25) is 18.4 Å². The van der Waals surface area contributed by atoms with E-state index in [1.165, 1.54) is 24.9 Å². The molecule has 0 aromatic carbocycles. The SMILES string of the molecule is COc1nc(N)nc2c1ncn2[C@@H]1O[C@H](COP(N)(=O)OCCSC(=O)C(C)(C)CO)[C@@H](O)[C@@]1(C)O. The van der Waals surface area contributed by atoms with Gasteiger partial charge in [-0.2, -0.15) is 9.97 Å². The summed E-state index contributed by atoms with van der Waals surface area (Å²) in [5.41, 5.74) is 9.04. The standard InChI is InChI=1S/C19H31N6O9PS/c1-18(2,8-26)16(28)36-6-5-32-35(21,30)33-7-10-12(27)19(3,29)15(34-10)25-9-22-11-13(25)23-17(20)24-14(11)31-4/h9-10,12,15,26-27,29H,5-8H2,1-4H3,(H2,21,30)(H2,20,23,24)/t10-,12-,15-,19-,35?/m1/s1. The quantitative estimate of drug-likeness (QED) is 0.180. The highest BCUT2D eigenvalue weighted by Gasteiger charge is 2.54. The van der Waals surface area contributed by atoms with E-state index in [9.17, 15) is 24.7 Å². The van der Waals surface area contributed by atoms with Gasteiger partial charge in [0.1, 0.15) is 17.8 Å². The second-order valence-corrected chi connectivity index (χ2v) is 11.6. The van der Waals surface area contributed by atoms with Gasteiger partial charge in [-0.05, 0) is 20.8 Å². The predicted molar refractivity (Wildman–Crippen MR) is 129 cm³/mol. The molecule has 2 aromatic rings. The molecule has 0 amide bonds. The molecule has 0 radical (unpaired) electrons. The normalized spacial score (nSPS) is 26.3. The number of nitrogens with two attached hydrogens (primary N) is 2. The molecule has 2 aromatic heterocycles. The molecule has 1 saturated heterocycles. The van der Waals surface area contributed by atoms with Gasteiger partial charge in [0.05, 0.1) is 38.7 Å². The minimum atomic E-state index is -4.08. The van der Waals surface area contributed by atoms with E-state index in [0.29, 0.717) is 0 Å². The van der Waals surface area contributed by atoms with Gasteiger partial charge in [-0.25, -0.2) is 15.1 Å². The number of rotatable bonds is 11. The average molecular weight is 551 g/mol. The van der Waals surface area contributed by atoms with Gasteiger partial charge in [-0.1, -0.05) is 11.8 Å². The van der Waals surface area contributed by atoms with Crippen molar-refractivity contribution in [3.05, 3.63) is 6.33 Å². The highest BCUT2D eigenvalue weighted by atomic mass is 32.2. The number of fused-ring (bicyclic) bond motifs is 1. The fraction of sp³-hybridized carbons (Fsp3) is 0.684. The second kappa shape index (κ2) is 10.8. The zero-order valence-corrected chi connectivity index (χ0v) is 21.9. The highest BCUT2D eigenvalue weighted by molar-refractivity contribution is 8.13. The Balaban J connectivity index is 1.63. The van der Waals surface area contributed by atoms with Crippen molar-refractivity contribution in [1.29, 1.82) is 0 Å². The van der Waals surface area contributed by atoms with Crippen molar-refractivity contribution in [3.8, 4) is 5.88 Å². The Morgan fingerprint density at radius 3 is 2.72 bits per heavy atom. The number of hydrogen-bond donors (Lipinski definition) is 5. The number of aliphatic hydroxyl groups is 3. The minimum Gasteiger partial charge on any atom is -0.479 e. The molecule has 36 heavy (non-hydrogen) atoms. The molecule has 1 fully saturated rings. The first-order valence-electron chi connectivity index (χ1n) is 10.8. The molecular weight excluding hydrogens is 519 g/mol. The number of anilines is 1. The van der Waals surface area contributed by atoms with Gasteiger partial charge in [-0.15, -0.1) is 0 Å². The first kappa shape index (κ1) is 28.7. The number of hydrogen-bond acceptors (Lipinski definition) is 14. The van der Waals surface area contributed by atoms with Crippen LogP contribution in [0.5, 0.6) is 5.88 Å². The third-order valence-electron chi connectivity index (χ3n) is 5.56. The van der Waals surface area contributed by atoms with Gasteiger partial charge >= 0.3 is 7.75 Å². The highest BCUT2D eigenvalue weighted by Crippen LogP contribution is 2.44. The van der Waals surface area contributed by atoms with Crippen LogP contribution in [0.3, 0.4) is 0 Å². The van der Waals surface area contributed by atoms with Crippen molar-refractivity contribution in [1.82, 2.24) is 19.5 Å². The molecule has 3 heterocycles. The number of aromatic nitrogens is 4. The number of methoxy groups -OCH3 is 1. The average Bonchev–Trinajstić information content (AvgIpc) is 3.32. The number of thioether (sulfide) groups is 1. The lowest BCUT2D eigenvalue weighted by atomic mass is 9.96. The maximum absolute atomic E-state index is 12.5. The molecule has 1 aliphatic heterocycles. The molecule has 5 atom stereocenters. The van der Waals surface area contributed by atoms with Crippen LogP contribution in [0.1, 0.15) is 27.0 Å². The molecule has 202 valence electrons. The number of aliphatic hydroxyl groups excluding tert-OH is 2. The molecule has 1 aliphatic rings. The Hall–Kier alpha value is -1.88. The third-order valence-corrected chi connectivity index (χ3v) is 7.80. The molecule has 15 nitrogen and oxygen atoms in total. The molecule has 0 spiro atoms. The Morgan fingerprint density at radius 2 is 2.08 bits per heavy atom. The molecule has 7 N–H and O–H groups in total. The van der Waals surface area contributed by atoms with Crippen LogP contribution in [0.4, 0.5) is 5.95 Å². The largest absolute Gasteiger partial charge is 0.479 e. The number of nitrogens with zero attached hydrogens (tertiary/aromatic N) is 4. The van der Waals surface area contributed by atoms with Crippen LogP contribution in [-0.4, -0.2) is 90.4 Å². The van der Waals surface area contributed by atoms with Crippen LogP contribution in [-0.2, 0) is 23.1 Å². The van der Waals surface area contributed by atoms with E-state index in [1.54, 1.807) is 13.8 Å². The van der Waals surface area contributed by atoms with E-state index in [-0.39, 0.29) is 47.1 Å². The monoisotopic (exact) mass is 550 g/mol. The van der Waals surface area contributed by atoms with E-state index in [2.05, 4.69) is 15.0 Å². The van der Waals surface area contributed by atoms with Crippen LogP contribution < -0.4 is 16.0 Å². The number of nitrogen functional groups attached to an aromatic ring is 1. The number of ether oxygens (including phenoxy) is 2. The van der Waals surface area contributed by atoms with Gasteiger partial charge in [0.15, 0.2) is 22.5 Å². The molecule has 0 saturated carbocycles. The first-order valence-corrected chi connectivity index (χ1v) is 13.4. The zero-order chi connectivity index (χ0) is 26.9. The van der Waals surface area contributed by atoms with Crippen LogP contribution in [0.25, 0.3) is 11.2 Å². The van der Waals surface area contributed by atoms with Crippen LogP contribution in [0.15, 0.2) is 6.33 Å². The minimum absolute atomic E-state index is 0.0971. The van der Waals surface area contributed by atoms with Crippen molar-refractivity contribution in [3.63, 3.8) is 0 Å². The number of carbonyl (C=O) groups excluding carboxylic acids is 1. The van der Waals surface area contributed by atoms with E-state index in [1.807, 2.05) is 0 Å². The lowest BCUT2D eigenvalue weighted by Crippen LogP contribution is -2.44. The zero-order valence-electron chi connectivity index (χ0n) is 20.2. The van der Waals surface area contributed by atoms with Crippen molar-refractivity contribution < 1.29 is 43.2 Å². The number of imidazole rings is 1. The van der Waals surface area contributed by atoms with Gasteiger partial charge in [0, 0.05) is 5.75 Å². The lowest BCUT2D eigenvalue weighted by molar-refractivity contribution is -0.119. The van der Waals surface area contributed by atoms with Gasteiger partial charge < -0.3 is 30.5 Å². The van der Waals surface area contributed by atoms with E-state index >= 15 is 0 Å².